The molecule has 4 rings (SSSR count). The molecule has 3 aromatic rings. The van der Waals surface area contributed by atoms with Crippen LogP contribution in [0.2, 0.25) is 0 Å². The van der Waals surface area contributed by atoms with Crippen molar-refractivity contribution in [3.05, 3.63) is 71.6 Å². The van der Waals surface area contributed by atoms with E-state index in [2.05, 4.69) is 4.98 Å². The summed E-state index contributed by atoms with van der Waals surface area (Å²) in [4.78, 5) is 42.5. The number of aromatic nitrogens is 1. The standard InChI is InChI=1S/C23H20N2O5/c1-15-21(24-22(30-15)17-6-3-2-4-7-17)23(28)29-14-19(26)16-9-11-18(12-10-16)25-13-5-8-20(25)27/h2-4,6-7,9-12H,5,8,13-14H2,1H3. The summed E-state index contributed by atoms with van der Waals surface area (Å²) in [6.45, 7) is 1.90. The maximum absolute atomic E-state index is 12.4. The van der Waals surface area contributed by atoms with Crippen LogP contribution in [0.15, 0.2) is 59.0 Å². The van der Waals surface area contributed by atoms with Crippen LogP contribution in [-0.2, 0) is 9.53 Å². The molecule has 0 saturated carbocycles. The molecule has 7 nitrogen and oxygen atoms in total. The molecule has 0 radical (unpaired) electrons. The van der Waals surface area contributed by atoms with E-state index in [0.717, 1.165) is 17.7 Å². The van der Waals surface area contributed by atoms with Crippen molar-refractivity contribution in [3.63, 3.8) is 0 Å². The second kappa shape index (κ2) is 8.32. The lowest BCUT2D eigenvalue weighted by Crippen LogP contribution is -2.23. The van der Waals surface area contributed by atoms with Crippen molar-refractivity contribution in [2.24, 2.45) is 0 Å². The number of rotatable bonds is 6. The summed E-state index contributed by atoms with van der Waals surface area (Å²) in [5, 5.41) is 0. The lowest BCUT2D eigenvalue weighted by atomic mass is 10.1. The third-order valence-corrected chi connectivity index (χ3v) is 4.92. The van der Waals surface area contributed by atoms with Crippen LogP contribution in [-0.4, -0.2) is 35.8 Å². The molecule has 152 valence electrons. The highest BCUT2D eigenvalue weighted by atomic mass is 16.5. The molecule has 1 aliphatic rings. The van der Waals surface area contributed by atoms with E-state index in [4.69, 9.17) is 9.15 Å². The van der Waals surface area contributed by atoms with Crippen LogP contribution in [0.4, 0.5) is 5.69 Å². The van der Waals surface area contributed by atoms with Gasteiger partial charge in [0.05, 0.1) is 0 Å². The van der Waals surface area contributed by atoms with Gasteiger partial charge in [-0.1, -0.05) is 18.2 Å². The Labute approximate surface area is 173 Å². The Balaban J connectivity index is 1.39. The average Bonchev–Trinajstić information content (AvgIpc) is 3.38. The number of hydrogen-bond donors (Lipinski definition) is 0. The van der Waals surface area contributed by atoms with Gasteiger partial charge < -0.3 is 14.1 Å². The number of ketones is 1. The minimum atomic E-state index is -0.717. The second-order valence-corrected chi connectivity index (χ2v) is 6.98. The topological polar surface area (TPSA) is 89.7 Å². The second-order valence-electron chi connectivity index (χ2n) is 6.98. The number of Topliss-reactive ketones (excluding diaryl/α,β-unsaturated/α-hetero) is 1. The monoisotopic (exact) mass is 404 g/mol. The van der Waals surface area contributed by atoms with E-state index >= 15 is 0 Å². The quantitative estimate of drug-likeness (QED) is 0.458. The van der Waals surface area contributed by atoms with Gasteiger partial charge in [-0.05, 0) is 49.7 Å². The third-order valence-electron chi connectivity index (χ3n) is 4.92. The van der Waals surface area contributed by atoms with Crippen molar-refractivity contribution in [1.29, 1.82) is 0 Å². The maximum Gasteiger partial charge on any atom is 0.361 e. The Morgan fingerprint density at radius 3 is 2.50 bits per heavy atom. The highest BCUT2D eigenvalue weighted by Gasteiger charge is 2.23. The first-order valence-electron chi connectivity index (χ1n) is 9.66. The van der Waals surface area contributed by atoms with Gasteiger partial charge in [-0.15, -0.1) is 0 Å². The van der Waals surface area contributed by atoms with E-state index in [-0.39, 0.29) is 17.4 Å². The van der Waals surface area contributed by atoms with Crippen LogP contribution in [0.25, 0.3) is 11.5 Å². The summed E-state index contributed by atoms with van der Waals surface area (Å²) < 4.78 is 10.7. The van der Waals surface area contributed by atoms with Crippen molar-refractivity contribution in [2.75, 3.05) is 18.1 Å². The van der Waals surface area contributed by atoms with Crippen molar-refractivity contribution in [3.8, 4) is 11.5 Å². The zero-order valence-corrected chi connectivity index (χ0v) is 16.5. The summed E-state index contributed by atoms with van der Waals surface area (Å²) >= 11 is 0. The van der Waals surface area contributed by atoms with Crippen molar-refractivity contribution < 1.29 is 23.5 Å². The Morgan fingerprint density at radius 1 is 1.10 bits per heavy atom. The molecular weight excluding hydrogens is 384 g/mol. The number of esters is 1. The van der Waals surface area contributed by atoms with Crippen LogP contribution < -0.4 is 4.90 Å². The zero-order valence-electron chi connectivity index (χ0n) is 16.5. The van der Waals surface area contributed by atoms with Gasteiger partial charge in [0.2, 0.25) is 11.8 Å². The Bertz CT molecular complexity index is 1090. The van der Waals surface area contributed by atoms with Gasteiger partial charge in [-0.2, -0.15) is 0 Å². The molecule has 2 aromatic carbocycles. The largest absolute Gasteiger partial charge is 0.452 e. The van der Waals surface area contributed by atoms with Gasteiger partial charge in [0.1, 0.15) is 5.76 Å². The van der Waals surface area contributed by atoms with Gasteiger partial charge >= 0.3 is 5.97 Å². The Hall–Kier alpha value is -3.74. The van der Waals surface area contributed by atoms with Gasteiger partial charge in [0.25, 0.3) is 0 Å². The van der Waals surface area contributed by atoms with Gasteiger partial charge in [0.15, 0.2) is 18.1 Å². The lowest BCUT2D eigenvalue weighted by molar-refractivity contribution is -0.117. The van der Waals surface area contributed by atoms with E-state index in [1.165, 1.54) is 0 Å². The van der Waals surface area contributed by atoms with Gasteiger partial charge in [-0.3, -0.25) is 9.59 Å². The summed E-state index contributed by atoms with van der Waals surface area (Å²) in [5.74, 6) is -0.330. The molecule has 0 aliphatic carbocycles. The summed E-state index contributed by atoms with van der Waals surface area (Å²) in [7, 11) is 0. The fourth-order valence-corrected chi connectivity index (χ4v) is 3.32. The molecule has 30 heavy (non-hydrogen) atoms. The molecule has 0 bridgehead atoms. The van der Waals surface area contributed by atoms with Crippen LogP contribution in [0.3, 0.4) is 0 Å². The molecule has 1 fully saturated rings. The molecule has 1 aliphatic heterocycles. The number of carbonyl (C=O) groups excluding carboxylic acids is 3. The molecule has 0 N–H and O–H groups in total. The number of anilines is 1. The molecular formula is C23H20N2O5. The normalized spacial score (nSPS) is 13.5. The lowest BCUT2D eigenvalue weighted by Gasteiger charge is -2.15. The van der Waals surface area contributed by atoms with E-state index in [0.29, 0.717) is 30.2 Å². The molecule has 0 unspecified atom stereocenters. The first-order valence-corrected chi connectivity index (χ1v) is 9.66. The van der Waals surface area contributed by atoms with E-state index in [9.17, 15) is 14.4 Å². The molecule has 0 atom stereocenters. The maximum atomic E-state index is 12.4. The average molecular weight is 404 g/mol. The van der Waals surface area contributed by atoms with Crippen LogP contribution in [0.5, 0.6) is 0 Å². The SMILES string of the molecule is Cc1oc(-c2ccccc2)nc1C(=O)OCC(=O)c1ccc(N2CCCC2=O)cc1. The first-order chi connectivity index (χ1) is 14.5. The van der Waals surface area contributed by atoms with Gasteiger partial charge in [-0.25, -0.2) is 9.78 Å². The number of hydrogen-bond acceptors (Lipinski definition) is 6. The predicted octanol–water partition coefficient (Wildman–Crippen LogP) is 3.82. The molecule has 0 spiro atoms. The molecule has 2 heterocycles. The van der Waals surface area contributed by atoms with E-state index < -0.39 is 12.6 Å². The van der Waals surface area contributed by atoms with Crippen molar-refractivity contribution in [1.82, 2.24) is 4.98 Å². The van der Waals surface area contributed by atoms with Crippen LogP contribution in [0, 0.1) is 6.92 Å². The molecule has 1 aromatic heterocycles. The molecule has 1 saturated heterocycles. The number of benzene rings is 2. The number of nitrogens with zero attached hydrogens (tertiary/aromatic N) is 2. The van der Waals surface area contributed by atoms with Crippen LogP contribution >= 0.6 is 0 Å². The van der Waals surface area contributed by atoms with E-state index in [1.54, 1.807) is 36.1 Å². The molecule has 1 amide bonds. The highest BCUT2D eigenvalue weighted by molar-refractivity contribution is 6.00. The number of amides is 1. The zero-order chi connectivity index (χ0) is 21.1. The summed E-state index contributed by atoms with van der Waals surface area (Å²) in [5.41, 5.74) is 1.95. The van der Waals surface area contributed by atoms with E-state index in [1.807, 2.05) is 30.3 Å². The number of oxazole rings is 1. The van der Waals surface area contributed by atoms with Crippen molar-refractivity contribution >= 4 is 23.3 Å². The van der Waals surface area contributed by atoms with Crippen molar-refractivity contribution in [2.45, 2.75) is 19.8 Å². The minimum absolute atomic E-state index is 0.0459. The minimum Gasteiger partial charge on any atom is -0.452 e. The fraction of sp³-hybridized carbons (Fsp3) is 0.217. The fourth-order valence-electron chi connectivity index (χ4n) is 3.32. The summed E-state index contributed by atoms with van der Waals surface area (Å²) in [6.07, 6.45) is 1.38. The van der Waals surface area contributed by atoms with Gasteiger partial charge in [0, 0.05) is 29.8 Å². The third kappa shape index (κ3) is 4.00. The first kappa shape index (κ1) is 19.6. The summed E-state index contributed by atoms with van der Waals surface area (Å²) in [6, 6.07) is 15.9. The highest BCUT2D eigenvalue weighted by Crippen LogP contribution is 2.23. The number of ether oxygens (including phenoxy) is 1. The molecule has 7 heteroatoms. The number of aryl methyl sites for hydroxylation is 1. The smallest absolute Gasteiger partial charge is 0.361 e. The Kier molecular flexibility index (Phi) is 5.43. The predicted molar refractivity (Wildman–Crippen MR) is 109 cm³/mol. The number of carbonyl (C=O) groups is 3. The Morgan fingerprint density at radius 2 is 1.83 bits per heavy atom. The van der Waals surface area contributed by atoms with Crippen LogP contribution in [0.1, 0.15) is 39.4 Å².